The molecule has 2 fully saturated rings. The molecule has 166 valence electrons. The zero-order valence-corrected chi connectivity index (χ0v) is 17.6. The van der Waals surface area contributed by atoms with Crippen LogP contribution in [0.15, 0.2) is 24.4 Å². The molecule has 10 heteroatoms. The van der Waals surface area contributed by atoms with Gasteiger partial charge in [-0.3, -0.25) is 9.59 Å². The van der Waals surface area contributed by atoms with E-state index in [1.807, 2.05) is 0 Å². The fraction of sp³-hybridized carbons (Fsp3) is 0.524. The Morgan fingerprint density at radius 2 is 2.00 bits per heavy atom. The summed E-state index contributed by atoms with van der Waals surface area (Å²) >= 11 is 0. The first-order chi connectivity index (χ1) is 14.8. The number of hydrogen-bond donors (Lipinski definition) is 1. The molecular formula is C21H26F2N6O2. The van der Waals surface area contributed by atoms with Crippen molar-refractivity contribution in [3.8, 4) is 5.69 Å². The summed E-state index contributed by atoms with van der Waals surface area (Å²) in [7, 11) is 3.42. The number of nitrogens with zero attached hydrogens (tertiary/aromatic N) is 5. The Morgan fingerprint density at radius 3 is 2.68 bits per heavy atom. The normalized spacial score (nSPS) is 21.7. The predicted octanol–water partition coefficient (Wildman–Crippen LogP) is 1.46. The lowest BCUT2D eigenvalue weighted by Crippen LogP contribution is -2.56. The van der Waals surface area contributed by atoms with Gasteiger partial charge in [0.15, 0.2) is 11.5 Å². The molecule has 0 unspecified atom stereocenters. The van der Waals surface area contributed by atoms with Crippen molar-refractivity contribution in [3.05, 3.63) is 41.7 Å². The quantitative estimate of drug-likeness (QED) is 0.748. The standard InChI is InChI=1S/C21H26F2N6O2/c1-27(2)21(31)15-11-28(10-13-3-4-13)8-7-17(15)24-20(30)18-12-29(26-25-18)19-6-5-14(22)9-16(19)23/h5-6,9,12-13,15,17H,3-4,7-8,10-11H2,1-2H3,(H,24,30)/t15-,17-/m1/s1. The number of carbonyl (C=O) groups excluding carboxylic acids is 2. The van der Waals surface area contributed by atoms with Gasteiger partial charge in [0.1, 0.15) is 11.5 Å². The Morgan fingerprint density at radius 1 is 1.23 bits per heavy atom. The second-order valence-corrected chi connectivity index (χ2v) is 8.55. The van der Waals surface area contributed by atoms with Crippen molar-refractivity contribution < 1.29 is 18.4 Å². The number of rotatable bonds is 6. The maximum absolute atomic E-state index is 14.0. The van der Waals surface area contributed by atoms with E-state index in [9.17, 15) is 18.4 Å². The van der Waals surface area contributed by atoms with Crippen LogP contribution in [0.3, 0.4) is 0 Å². The van der Waals surface area contributed by atoms with E-state index in [0.717, 1.165) is 35.8 Å². The number of likely N-dealkylation sites (tertiary alicyclic amines) is 1. The molecule has 1 aromatic heterocycles. The first-order valence-electron chi connectivity index (χ1n) is 10.4. The van der Waals surface area contributed by atoms with Crippen LogP contribution < -0.4 is 5.32 Å². The third-order valence-corrected chi connectivity index (χ3v) is 5.87. The predicted molar refractivity (Wildman–Crippen MR) is 108 cm³/mol. The van der Waals surface area contributed by atoms with Gasteiger partial charge in [-0.15, -0.1) is 5.10 Å². The van der Waals surface area contributed by atoms with E-state index in [1.165, 1.54) is 25.1 Å². The van der Waals surface area contributed by atoms with Crippen molar-refractivity contribution in [2.24, 2.45) is 11.8 Å². The summed E-state index contributed by atoms with van der Waals surface area (Å²) < 4.78 is 28.2. The van der Waals surface area contributed by atoms with Gasteiger partial charge in [0.25, 0.3) is 5.91 Å². The molecule has 31 heavy (non-hydrogen) atoms. The van der Waals surface area contributed by atoms with Gasteiger partial charge in [-0.1, -0.05) is 5.21 Å². The lowest BCUT2D eigenvalue weighted by Gasteiger charge is -2.39. The number of aromatic nitrogens is 3. The Kier molecular flexibility index (Phi) is 5.99. The second-order valence-electron chi connectivity index (χ2n) is 8.55. The molecule has 8 nitrogen and oxygen atoms in total. The highest BCUT2D eigenvalue weighted by molar-refractivity contribution is 5.92. The molecule has 2 amide bonds. The van der Waals surface area contributed by atoms with Crippen LogP contribution in [0.5, 0.6) is 0 Å². The molecule has 1 N–H and O–H groups in total. The maximum Gasteiger partial charge on any atom is 0.273 e. The van der Waals surface area contributed by atoms with E-state index in [0.29, 0.717) is 13.0 Å². The zero-order chi connectivity index (χ0) is 22.1. The Labute approximate surface area is 179 Å². The summed E-state index contributed by atoms with van der Waals surface area (Å²) in [6, 6.07) is 2.74. The SMILES string of the molecule is CN(C)C(=O)[C@@H]1CN(CC2CC2)CC[C@H]1NC(=O)c1cn(-c2ccc(F)cc2F)nn1. The smallest absolute Gasteiger partial charge is 0.273 e. The molecule has 0 radical (unpaired) electrons. The lowest BCUT2D eigenvalue weighted by molar-refractivity contribution is -0.135. The van der Waals surface area contributed by atoms with Crippen molar-refractivity contribution in [3.63, 3.8) is 0 Å². The number of halogens is 2. The van der Waals surface area contributed by atoms with Crippen molar-refractivity contribution in [1.29, 1.82) is 0 Å². The van der Waals surface area contributed by atoms with Gasteiger partial charge in [0.05, 0.1) is 12.1 Å². The molecule has 1 saturated carbocycles. The van der Waals surface area contributed by atoms with Crippen molar-refractivity contribution in [2.75, 3.05) is 33.7 Å². The van der Waals surface area contributed by atoms with Gasteiger partial charge in [0.2, 0.25) is 5.91 Å². The number of amides is 2. The van der Waals surface area contributed by atoms with Crippen molar-refractivity contribution >= 4 is 11.8 Å². The number of hydrogen-bond acceptors (Lipinski definition) is 5. The largest absolute Gasteiger partial charge is 0.348 e. The number of nitrogens with one attached hydrogen (secondary N) is 1. The van der Waals surface area contributed by atoms with Gasteiger partial charge < -0.3 is 15.1 Å². The average molecular weight is 432 g/mol. The van der Waals surface area contributed by atoms with Crippen LogP contribution in [0.2, 0.25) is 0 Å². The van der Waals surface area contributed by atoms with Gasteiger partial charge in [-0.25, -0.2) is 13.5 Å². The Hall–Kier alpha value is -2.88. The number of benzene rings is 1. The van der Waals surface area contributed by atoms with E-state index in [2.05, 4.69) is 20.5 Å². The molecule has 0 bridgehead atoms. The van der Waals surface area contributed by atoms with E-state index in [-0.39, 0.29) is 29.2 Å². The van der Waals surface area contributed by atoms with Crippen molar-refractivity contribution in [1.82, 2.24) is 30.1 Å². The molecule has 0 spiro atoms. The van der Waals surface area contributed by atoms with E-state index >= 15 is 0 Å². The van der Waals surface area contributed by atoms with Crippen LogP contribution in [-0.4, -0.2) is 76.4 Å². The average Bonchev–Trinajstić information content (AvgIpc) is 3.40. The highest BCUT2D eigenvalue weighted by atomic mass is 19.1. The first-order valence-corrected chi connectivity index (χ1v) is 10.4. The first kappa shape index (κ1) is 21.4. The van der Waals surface area contributed by atoms with Crippen LogP contribution in [0, 0.1) is 23.5 Å². The summed E-state index contributed by atoms with van der Waals surface area (Å²) in [5.41, 5.74) is -0.0119. The molecule has 2 atom stereocenters. The van der Waals surface area contributed by atoms with Gasteiger partial charge >= 0.3 is 0 Å². The lowest BCUT2D eigenvalue weighted by atomic mass is 9.90. The van der Waals surface area contributed by atoms with Gasteiger partial charge in [0, 0.05) is 45.8 Å². The Bertz CT molecular complexity index is 975. The zero-order valence-electron chi connectivity index (χ0n) is 17.6. The molecule has 4 rings (SSSR count). The highest BCUT2D eigenvalue weighted by Crippen LogP contribution is 2.31. The molecule has 1 aliphatic carbocycles. The molecule has 2 aliphatic rings. The van der Waals surface area contributed by atoms with Crippen LogP contribution >= 0.6 is 0 Å². The molecule has 2 aromatic rings. The van der Waals surface area contributed by atoms with E-state index in [1.54, 1.807) is 19.0 Å². The third kappa shape index (κ3) is 4.90. The maximum atomic E-state index is 14.0. The van der Waals surface area contributed by atoms with E-state index < -0.39 is 17.5 Å². The number of piperidine rings is 1. The summed E-state index contributed by atoms with van der Waals surface area (Å²) in [6.07, 6.45) is 4.43. The minimum Gasteiger partial charge on any atom is -0.348 e. The molecule has 1 saturated heterocycles. The van der Waals surface area contributed by atoms with Crippen LogP contribution in [-0.2, 0) is 4.79 Å². The number of carbonyl (C=O) groups is 2. The minimum atomic E-state index is -0.809. The fourth-order valence-electron chi connectivity index (χ4n) is 4.00. The van der Waals surface area contributed by atoms with E-state index in [4.69, 9.17) is 0 Å². The fourth-order valence-corrected chi connectivity index (χ4v) is 4.00. The van der Waals surface area contributed by atoms with Crippen LogP contribution in [0.4, 0.5) is 8.78 Å². The minimum absolute atomic E-state index is 0.000173. The molecule has 1 aliphatic heterocycles. The summed E-state index contributed by atoms with van der Waals surface area (Å²) in [6.45, 7) is 2.41. The van der Waals surface area contributed by atoms with Crippen molar-refractivity contribution in [2.45, 2.75) is 25.3 Å². The third-order valence-electron chi connectivity index (χ3n) is 5.87. The van der Waals surface area contributed by atoms with Crippen LogP contribution in [0.1, 0.15) is 29.8 Å². The summed E-state index contributed by atoms with van der Waals surface area (Å²) in [5.74, 6) is -1.64. The van der Waals surface area contributed by atoms with Crippen LogP contribution in [0.25, 0.3) is 5.69 Å². The second kappa shape index (κ2) is 8.70. The summed E-state index contributed by atoms with van der Waals surface area (Å²) in [5, 5.41) is 10.5. The summed E-state index contributed by atoms with van der Waals surface area (Å²) in [4.78, 5) is 29.4. The highest BCUT2D eigenvalue weighted by Gasteiger charge is 2.38. The monoisotopic (exact) mass is 432 g/mol. The molecule has 1 aromatic carbocycles. The topological polar surface area (TPSA) is 83.4 Å². The van der Waals surface area contributed by atoms with Gasteiger partial charge in [-0.05, 0) is 37.3 Å². The van der Waals surface area contributed by atoms with Gasteiger partial charge in [-0.2, -0.15) is 0 Å². The molecule has 2 heterocycles. The molecular weight excluding hydrogens is 406 g/mol. The Balaban J connectivity index is 1.46.